The highest BCUT2D eigenvalue weighted by atomic mass is 16.3. The Morgan fingerprint density at radius 1 is 0.421 bits per heavy atom. The van der Waals surface area contributed by atoms with Crippen LogP contribution >= 0.6 is 0 Å². The highest BCUT2D eigenvalue weighted by Crippen LogP contribution is 2.41. The van der Waals surface area contributed by atoms with Gasteiger partial charge in [0.25, 0.3) is 0 Å². The van der Waals surface area contributed by atoms with Gasteiger partial charge >= 0.3 is 0 Å². The van der Waals surface area contributed by atoms with Crippen LogP contribution in [0, 0.1) is 0 Å². The largest absolute Gasteiger partial charge is 0.455 e. The van der Waals surface area contributed by atoms with Crippen molar-refractivity contribution in [3.63, 3.8) is 0 Å². The number of nitrogens with zero attached hydrogens (tertiary/aromatic N) is 2. The van der Waals surface area contributed by atoms with Crippen LogP contribution in [0.4, 0.5) is 0 Å². The van der Waals surface area contributed by atoms with Crippen molar-refractivity contribution < 1.29 is 8.83 Å². The average molecular weight is 489 g/mol. The van der Waals surface area contributed by atoms with Crippen molar-refractivity contribution in [2.75, 3.05) is 0 Å². The zero-order valence-corrected chi connectivity index (χ0v) is 20.3. The van der Waals surface area contributed by atoms with E-state index in [1.807, 2.05) is 18.3 Å². The van der Waals surface area contributed by atoms with E-state index in [0.717, 1.165) is 77.3 Å². The predicted octanol–water partition coefficient (Wildman–Crippen LogP) is 9.28. The summed E-state index contributed by atoms with van der Waals surface area (Å²) in [6.45, 7) is 0. The molecule has 0 atom stereocenters. The molecule has 8 rings (SSSR count). The van der Waals surface area contributed by atoms with E-state index in [0.29, 0.717) is 0 Å². The quantitative estimate of drug-likeness (QED) is 0.249. The first kappa shape index (κ1) is 20.9. The number of fused-ring (bicyclic) bond motifs is 6. The highest BCUT2D eigenvalue weighted by Gasteiger charge is 2.16. The fraction of sp³-hybridized carbons (Fsp3) is 0. The maximum absolute atomic E-state index is 6.66. The second-order valence-electron chi connectivity index (χ2n) is 9.47. The van der Waals surface area contributed by atoms with Crippen molar-refractivity contribution in [2.24, 2.45) is 0 Å². The van der Waals surface area contributed by atoms with Crippen molar-refractivity contribution in [1.82, 2.24) is 9.97 Å². The van der Waals surface area contributed by atoms with Gasteiger partial charge in [0, 0.05) is 51.3 Å². The zero-order chi connectivity index (χ0) is 25.1. The molecule has 38 heavy (non-hydrogen) atoms. The fourth-order valence-corrected chi connectivity index (χ4v) is 5.45. The number of para-hydroxylation sites is 2. The summed E-state index contributed by atoms with van der Waals surface area (Å²) >= 11 is 0. The first-order chi connectivity index (χ1) is 18.8. The molecule has 0 unspecified atom stereocenters. The van der Waals surface area contributed by atoms with Gasteiger partial charge in [-0.15, -0.1) is 0 Å². The van der Waals surface area contributed by atoms with Crippen LogP contribution in [0.2, 0.25) is 0 Å². The van der Waals surface area contributed by atoms with Crippen molar-refractivity contribution in [3.8, 4) is 33.4 Å². The molecule has 8 aromatic rings. The van der Waals surface area contributed by atoms with Gasteiger partial charge in [-0.2, -0.15) is 0 Å². The third-order valence-corrected chi connectivity index (χ3v) is 7.30. The molecule has 0 N–H and O–H groups in total. The average Bonchev–Trinajstić information content (AvgIpc) is 3.56. The molecular formula is C34H20N2O2. The molecule has 0 aliphatic heterocycles. The van der Waals surface area contributed by atoms with Crippen LogP contribution in [0.1, 0.15) is 0 Å². The number of rotatable bonds is 3. The van der Waals surface area contributed by atoms with E-state index in [-0.39, 0.29) is 0 Å². The van der Waals surface area contributed by atoms with Gasteiger partial charge in [-0.3, -0.25) is 9.97 Å². The van der Waals surface area contributed by atoms with Gasteiger partial charge in [-0.25, -0.2) is 0 Å². The van der Waals surface area contributed by atoms with Crippen LogP contribution in [-0.4, -0.2) is 9.97 Å². The van der Waals surface area contributed by atoms with E-state index < -0.39 is 0 Å². The molecule has 0 radical (unpaired) electrons. The summed E-state index contributed by atoms with van der Waals surface area (Å²) in [4.78, 5) is 8.44. The molecule has 0 aliphatic rings. The lowest BCUT2D eigenvalue weighted by Gasteiger charge is -2.05. The predicted molar refractivity (Wildman–Crippen MR) is 153 cm³/mol. The van der Waals surface area contributed by atoms with Crippen molar-refractivity contribution >= 4 is 43.9 Å². The number of aromatic nitrogens is 2. The molecule has 0 bridgehead atoms. The summed E-state index contributed by atoms with van der Waals surface area (Å²) in [5.74, 6) is 0. The molecule has 0 amide bonds. The molecule has 0 saturated heterocycles. The maximum Gasteiger partial charge on any atom is 0.153 e. The van der Waals surface area contributed by atoms with Gasteiger partial charge in [0.15, 0.2) is 5.58 Å². The van der Waals surface area contributed by atoms with Crippen LogP contribution in [0.15, 0.2) is 131 Å². The number of furan rings is 2. The van der Waals surface area contributed by atoms with Gasteiger partial charge in [0.05, 0.1) is 6.20 Å². The molecule has 0 saturated carbocycles. The molecule has 4 aromatic carbocycles. The van der Waals surface area contributed by atoms with Crippen molar-refractivity contribution in [1.29, 1.82) is 0 Å². The van der Waals surface area contributed by atoms with Crippen molar-refractivity contribution in [2.45, 2.75) is 0 Å². The van der Waals surface area contributed by atoms with Crippen LogP contribution < -0.4 is 0 Å². The summed E-state index contributed by atoms with van der Waals surface area (Å²) in [7, 11) is 0. The minimum absolute atomic E-state index is 0.792. The van der Waals surface area contributed by atoms with Crippen LogP contribution in [0.3, 0.4) is 0 Å². The summed E-state index contributed by atoms with van der Waals surface area (Å²) in [6.07, 6.45) is 7.24. The lowest BCUT2D eigenvalue weighted by atomic mass is 9.98. The molecule has 178 valence electrons. The standard InChI is InChI=1S/C34H20N2O2/c1-5-25(22-11-9-21(10-12-22)24-4-3-16-35-19-24)33-29(7-1)30-8-2-6-26(34(30)38-33)23-13-14-27-28-15-17-36-20-32(28)37-31(27)18-23/h1-20H. The van der Waals surface area contributed by atoms with Gasteiger partial charge in [0.2, 0.25) is 0 Å². The normalized spacial score (nSPS) is 11.7. The molecule has 0 aliphatic carbocycles. The highest BCUT2D eigenvalue weighted by molar-refractivity contribution is 6.13. The van der Waals surface area contributed by atoms with E-state index in [9.17, 15) is 0 Å². The molecule has 0 spiro atoms. The van der Waals surface area contributed by atoms with Gasteiger partial charge in [-0.1, -0.05) is 72.8 Å². The van der Waals surface area contributed by atoms with E-state index in [4.69, 9.17) is 8.83 Å². The summed E-state index contributed by atoms with van der Waals surface area (Å²) in [6, 6.07) is 33.6. The monoisotopic (exact) mass is 488 g/mol. The van der Waals surface area contributed by atoms with Crippen LogP contribution in [0.5, 0.6) is 0 Å². The van der Waals surface area contributed by atoms with E-state index >= 15 is 0 Å². The smallest absolute Gasteiger partial charge is 0.153 e. The number of hydrogen-bond donors (Lipinski definition) is 0. The Balaban J connectivity index is 1.28. The Kier molecular flexibility index (Phi) is 4.49. The Morgan fingerprint density at radius 3 is 1.87 bits per heavy atom. The third kappa shape index (κ3) is 3.17. The Morgan fingerprint density at radius 2 is 1.11 bits per heavy atom. The Hall–Kier alpha value is -5.22. The van der Waals surface area contributed by atoms with E-state index in [1.54, 1.807) is 18.6 Å². The summed E-state index contributed by atoms with van der Waals surface area (Å²) in [5, 5.41) is 4.36. The molecule has 4 heteroatoms. The number of hydrogen-bond acceptors (Lipinski definition) is 4. The number of pyridine rings is 2. The zero-order valence-electron chi connectivity index (χ0n) is 20.3. The van der Waals surface area contributed by atoms with E-state index in [1.165, 1.54) is 0 Å². The number of benzene rings is 4. The Bertz CT molecular complexity index is 2120. The van der Waals surface area contributed by atoms with Crippen LogP contribution in [-0.2, 0) is 0 Å². The first-order valence-electron chi connectivity index (χ1n) is 12.6. The molecule has 0 fully saturated rings. The first-order valence-corrected chi connectivity index (χ1v) is 12.6. The maximum atomic E-state index is 6.66. The van der Waals surface area contributed by atoms with Gasteiger partial charge in [0.1, 0.15) is 16.7 Å². The minimum Gasteiger partial charge on any atom is -0.455 e. The van der Waals surface area contributed by atoms with Crippen molar-refractivity contribution in [3.05, 3.63) is 122 Å². The molecule has 4 heterocycles. The topological polar surface area (TPSA) is 52.1 Å². The van der Waals surface area contributed by atoms with Gasteiger partial charge in [-0.05, 0) is 46.5 Å². The lowest BCUT2D eigenvalue weighted by Crippen LogP contribution is -1.82. The molecule has 4 nitrogen and oxygen atoms in total. The molecular weight excluding hydrogens is 468 g/mol. The lowest BCUT2D eigenvalue weighted by molar-refractivity contribution is 0.666. The second-order valence-corrected chi connectivity index (χ2v) is 9.47. The summed E-state index contributed by atoms with van der Waals surface area (Å²) in [5.41, 5.74) is 9.91. The van der Waals surface area contributed by atoms with Crippen LogP contribution in [0.25, 0.3) is 77.3 Å². The summed E-state index contributed by atoms with van der Waals surface area (Å²) < 4.78 is 12.8. The fourth-order valence-electron chi connectivity index (χ4n) is 5.45. The molecule has 4 aromatic heterocycles. The third-order valence-electron chi connectivity index (χ3n) is 7.30. The second kappa shape index (κ2) is 8.15. The minimum atomic E-state index is 0.792. The Labute approximate surface area is 217 Å². The SMILES string of the molecule is c1cncc(-c2ccc(-c3cccc4c3oc3c(-c5ccc6c(c5)oc5cnccc56)cccc34)cc2)c1. The van der Waals surface area contributed by atoms with E-state index in [2.05, 4.69) is 94.9 Å². The van der Waals surface area contributed by atoms with Gasteiger partial charge < -0.3 is 8.83 Å².